The van der Waals surface area contributed by atoms with Crippen LogP contribution in [0, 0.1) is 28.6 Å². The number of benzene rings is 1. The molecule has 0 bridgehead atoms. The van der Waals surface area contributed by atoms with E-state index in [9.17, 15) is 19.5 Å². The third-order valence-corrected chi connectivity index (χ3v) is 11.2. The van der Waals surface area contributed by atoms with Crippen LogP contribution >= 0.6 is 0 Å². The van der Waals surface area contributed by atoms with Crippen LogP contribution in [0.15, 0.2) is 47.1 Å². The first-order valence-corrected chi connectivity index (χ1v) is 15.1. The number of nitrogens with one attached hydrogen (secondary N) is 1. The maximum atomic E-state index is 12.6. The van der Waals surface area contributed by atoms with Crippen molar-refractivity contribution in [3.05, 3.63) is 47.5 Å². The summed E-state index contributed by atoms with van der Waals surface area (Å²) in [4.78, 5) is 42.8. The number of rotatable bonds is 8. The SMILES string of the molecule is COC(=O)[C@H](Cc1ccccc1)NC(=O)CO/N=C1\C=C2CC[C@@H]3[C@H](CC[C@]4(C)[C@H]3CC[C@]4(O)C(C)=O)[C@@]2(C)CC1. The summed E-state index contributed by atoms with van der Waals surface area (Å²) in [7, 11) is 1.30. The molecule has 0 radical (unpaired) electrons. The number of nitrogens with zero attached hydrogens (tertiary/aromatic N) is 1. The predicted molar refractivity (Wildman–Crippen MR) is 155 cm³/mol. The van der Waals surface area contributed by atoms with Crippen molar-refractivity contribution in [3.63, 3.8) is 0 Å². The van der Waals surface area contributed by atoms with Gasteiger partial charge in [-0.1, -0.05) is 54.9 Å². The number of fused-ring (bicyclic) bond motifs is 5. The highest BCUT2D eigenvalue weighted by Gasteiger charge is 2.65. The smallest absolute Gasteiger partial charge is 0.328 e. The molecule has 1 aromatic carbocycles. The van der Waals surface area contributed by atoms with E-state index in [1.54, 1.807) is 6.92 Å². The molecule has 7 atom stereocenters. The Kier molecular flexibility index (Phi) is 8.16. The minimum Gasteiger partial charge on any atom is -0.467 e. The zero-order valence-electron chi connectivity index (χ0n) is 24.8. The lowest BCUT2D eigenvalue weighted by atomic mass is 9.46. The summed E-state index contributed by atoms with van der Waals surface area (Å²) in [6.07, 6.45) is 9.68. The van der Waals surface area contributed by atoms with Crippen LogP contribution < -0.4 is 5.32 Å². The summed E-state index contributed by atoms with van der Waals surface area (Å²) in [6.45, 7) is 5.81. The van der Waals surface area contributed by atoms with Gasteiger partial charge in [-0.25, -0.2) is 4.79 Å². The van der Waals surface area contributed by atoms with Crippen LogP contribution in [0.5, 0.6) is 0 Å². The quantitative estimate of drug-likeness (QED) is 0.354. The van der Waals surface area contributed by atoms with Crippen LogP contribution in [0.1, 0.15) is 77.7 Å². The molecular weight excluding hydrogens is 520 g/mol. The second-order valence-corrected chi connectivity index (χ2v) is 13.1. The van der Waals surface area contributed by atoms with E-state index in [1.807, 2.05) is 30.3 Å². The monoisotopic (exact) mass is 564 g/mol. The Bertz CT molecular complexity index is 1240. The second kappa shape index (κ2) is 11.3. The number of amides is 1. The summed E-state index contributed by atoms with van der Waals surface area (Å²) in [5.74, 6) is 0.409. The molecule has 1 aromatic rings. The molecule has 4 aliphatic carbocycles. The number of hydrogen-bond donors (Lipinski definition) is 2. The van der Waals surface area contributed by atoms with Crippen LogP contribution in [0.2, 0.25) is 0 Å². The first-order valence-electron chi connectivity index (χ1n) is 15.1. The van der Waals surface area contributed by atoms with Crippen LogP contribution in [0.3, 0.4) is 0 Å². The van der Waals surface area contributed by atoms with E-state index in [-0.39, 0.29) is 23.2 Å². The first kappa shape index (κ1) is 29.5. The fourth-order valence-corrected chi connectivity index (χ4v) is 8.83. The van der Waals surface area contributed by atoms with Gasteiger partial charge in [0.1, 0.15) is 11.6 Å². The maximum Gasteiger partial charge on any atom is 0.328 e. The predicted octanol–water partition coefficient (Wildman–Crippen LogP) is 4.54. The molecule has 3 fully saturated rings. The largest absolute Gasteiger partial charge is 0.467 e. The highest BCUT2D eigenvalue weighted by atomic mass is 16.6. The highest BCUT2D eigenvalue weighted by Crippen LogP contribution is 2.67. The summed E-state index contributed by atoms with van der Waals surface area (Å²) >= 11 is 0. The topological polar surface area (TPSA) is 114 Å². The summed E-state index contributed by atoms with van der Waals surface area (Å²) < 4.78 is 4.87. The van der Waals surface area contributed by atoms with E-state index < -0.39 is 23.5 Å². The highest BCUT2D eigenvalue weighted by molar-refractivity contribution is 5.96. The summed E-state index contributed by atoms with van der Waals surface area (Å²) in [5, 5.41) is 18.4. The maximum absolute atomic E-state index is 12.6. The Balaban J connectivity index is 1.20. The van der Waals surface area contributed by atoms with Crippen molar-refractivity contribution in [1.29, 1.82) is 0 Å². The van der Waals surface area contributed by atoms with Gasteiger partial charge in [0.05, 0.1) is 12.8 Å². The van der Waals surface area contributed by atoms with Gasteiger partial charge in [0.2, 0.25) is 0 Å². The van der Waals surface area contributed by atoms with E-state index in [0.717, 1.165) is 56.2 Å². The van der Waals surface area contributed by atoms with Gasteiger partial charge >= 0.3 is 5.97 Å². The van der Waals surface area contributed by atoms with E-state index in [4.69, 9.17) is 9.57 Å². The van der Waals surface area contributed by atoms with E-state index in [2.05, 4.69) is 30.4 Å². The standard InChI is InChI=1S/C33H44N2O6/c1-21(36)33(39)17-14-27-25-11-10-23-19-24(12-15-31(23,2)26(25)13-16-32(27,33)3)35-41-20-29(37)34-28(30(38)40-4)18-22-8-6-5-7-9-22/h5-9,19,25-28,39H,10-18,20H2,1-4H3,(H,34,37)/b35-24-/t25-,26+,27+,28+,31+,32-,33+/m1/s1. The number of Topliss-reactive ketones (excluding diaryl/α,β-unsaturated/α-hetero) is 1. The Morgan fingerprint density at radius 3 is 2.49 bits per heavy atom. The summed E-state index contributed by atoms with van der Waals surface area (Å²) in [5.41, 5.74) is 1.71. The minimum absolute atomic E-state index is 0.0722. The number of carbonyl (C=O) groups excluding carboxylic acids is 3. The van der Waals surface area contributed by atoms with Crippen molar-refractivity contribution in [2.24, 2.45) is 33.7 Å². The molecule has 0 aromatic heterocycles. The van der Waals surface area contributed by atoms with Crippen molar-refractivity contribution in [1.82, 2.24) is 5.32 Å². The normalized spacial score (nSPS) is 35.8. The number of oxime groups is 1. The van der Waals surface area contributed by atoms with E-state index in [1.165, 1.54) is 12.7 Å². The van der Waals surface area contributed by atoms with E-state index >= 15 is 0 Å². The third-order valence-electron chi connectivity index (χ3n) is 11.2. The molecule has 3 saturated carbocycles. The van der Waals surface area contributed by atoms with Crippen molar-refractivity contribution in [2.45, 2.75) is 90.2 Å². The molecule has 1 amide bonds. The molecule has 0 unspecified atom stereocenters. The number of hydrogen-bond acceptors (Lipinski definition) is 7. The molecular formula is C33H44N2O6. The number of ketones is 1. The number of aliphatic hydroxyl groups is 1. The number of esters is 1. The van der Waals surface area contributed by atoms with Gasteiger partial charge in [-0.05, 0) is 93.1 Å². The van der Waals surface area contributed by atoms with Crippen LogP contribution in [-0.4, -0.2) is 53.8 Å². The Morgan fingerprint density at radius 2 is 1.78 bits per heavy atom. The van der Waals surface area contributed by atoms with Crippen LogP contribution in [0.4, 0.5) is 0 Å². The summed E-state index contributed by atoms with van der Waals surface area (Å²) in [6, 6.07) is 8.65. The fourth-order valence-electron chi connectivity index (χ4n) is 8.83. The molecule has 0 spiro atoms. The minimum atomic E-state index is -1.19. The van der Waals surface area contributed by atoms with Gasteiger partial charge in [0, 0.05) is 11.8 Å². The van der Waals surface area contributed by atoms with Gasteiger partial charge in [0.15, 0.2) is 12.4 Å². The van der Waals surface area contributed by atoms with Gasteiger partial charge in [-0.2, -0.15) is 0 Å². The van der Waals surface area contributed by atoms with Crippen molar-refractivity contribution in [2.75, 3.05) is 13.7 Å². The average Bonchev–Trinajstić information content (AvgIpc) is 3.24. The number of methoxy groups -OCH3 is 1. The van der Waals surface area contributed by atoms with Crippen LogP contribution in [-0.2, 0) is 30.4 Å². The first-order chi connectivity index (χ1) is 19.5. The van der Waals surface area contributed by atoms with Crippen molar-refractivity contribution < 1.29 is 29.1 Å². The Morgan fingerprint density at radius 1 is 1.05 bits per heavy atom. The Labute approximate surface area is 242 Å². The average molecular weight is 565 g/mol. The van der Waals surface area contributed by atoms with E-state index in [0.29, 0.717) is 30.6 Å². The zero-order chi connectivity index (χ0) is 29.4. The lowest BCUT2D eigenvalue weighted by Crippen LogP contribution is -2.57. The molecule has 222 valence electrons. The fraction of sp³-hybridized carbons (Fsp3) is 0.636. The molecule has 2 N–H and O–H groups in total. The number of carbonyl (C=O) groups is 3. The van der Waals surface area contributed by atoms with Crippen molar-refractivity contribution in [3.8, 4) is 0 Å². The second-order valence-electron chi connectivity index (χ2n) is 13.1. The molecule has 8 nitrogen and oxygen atoms in total. The molecule has 0 saturated heterocycles. The molecule has 0 heterocycles. The van der Waals surface area contributed by atoms with Gasteiger partial charge in [-0.15, -0.1) is 0 Å². The number of ether oxygens (including phenoxy) is 1. The molecule has 41 heavy (non-hydrogen) atoms. The Hall–Kier alpha value is -3.00. The van der Waals surface area contributed by atoms with Crippen LogP contribution in [0.25, 0.3) is 0 Å². The molecule has 0 aliphatic heterocycles. The molecule has 5 rings (SSSR count). The lowest BCUT2D eigenvalue weighted by molar-refractivity contribution is -0.159. The third kappa shape index (κ3) is 5.24. The number of allylic oxidation sites excluding steroid dienone is 2. The molecule has 8 heteroatoms. The zero-order valence-corrected chi connectivity index (χ0v) is 24.8. The molecule has 4 aliphatic rings. The lowest BCUT2D eigenvalue weighted by Gasteiger charge is -2.59. The van der Waals surface area contributed by atoms with Gasteiger partial charge in [0.25, 0.3) is 5.91 Å². The van der Waals surface area contributed by atoms with Crippen molar-refractivity contribution >= 4 is 23.4 Å². The van der Waals surface area contributed by atoms with Gasteiger partial charge < -0.3 is 20.0 Å². The van der Waals surface area contributed by atoms with Gasteiger partial charge in [-0.3, -0.25) is 9.59 Å².